The molecule has 0 bridgehead atoms. The molecule has 0 N–H and O–H groups in total. The Morgan fingerprint density at radius 2 is 0.912 bits per heavy atom. The van der Waals surface area contributed by atoms with E-state index >= 15 is 0 Å². The van der Waals surface area contributed by atoms with E-state index in [1.54, 1.807) is 0 Å². The van der Waals surface area contributed by atoms with Crippen molar-refractivity contribution in [3.05, 3.63) is 231 Å². The van der Waals surface area contributed by atoms with E-state index in [2.05, 4.69) is 240 Å². The number of fused-ring (bicyclic) bond motifs is 17. The summed E-state index contributed by atoms with van der Waals surface area (Å²) in [6, 6.07) is 84.6. The highest BCUT2D eigenvalue weighted by atomic mass is 32.1. The van der Waals surface area contributed by atoms with E-state index in [1.165, 1.54) is 95.6 Å². The Hall–Kier alpha value is -8.70. The maximum Gasteiger partial charge on any atom is 0.152 e. The molecule has 0 spiro atoms. The standard InChI is InChI=1S/C64H38N2OS/c1-2-17-42(18-3-1)65(43-28-26-39-14-4-5-16-41(39)34-43)57-35-53-46-21-9-11-23-51(46)58(36-54(53)45-20-8-10-22-50(45)57)66-56-24-12-13-25-60(56)67-61-37-55-63(38-59(61)66)68-62-33-32-49-48-29-27-40-15-6-7-19-44(40)47(48)30-31-52(49)64(55)62/h1-38H. The zero-order valence-electron chi connectivity index (χ0n) is 36.7. The summed E-state index contributed by atoms with van der Waals surface area (Å²) < 4.78 is 9.46. The maximum absolute atomic E-state index is 6.97. The predicted octanol–water partition coefficient (Wildman–Crippen LogP) is 19.2. The topological polar surface area (TPSA) is 15.7 Å². The third-order valence-corrected chi connectivity index (χ3v) is 15.4. The largest absolute Gasteiger partial charge is 0.453 e. The van der Waals surface area contributed by atoms with Gasteiger partial charge in [0.05, 0.1) is 22.7 Å². The van der Waals surface area contributed by atoms with Crippen LogP contribution in [0.5, 0.6) is 11.5 Å². The van der Waals surface area contributed by atoms with E-state index in [1.807, 2.05) is 11.3 Å². The second-order valence-corrected chi connectivity index (χ2v) is 19.1. The fraction of sp³-hybridized carbons (Fsp3) is 0. The number of thiophene rings is 1. The first kappa shape index (κ1) is 37.5. The Balaban J connectivity index is 0.969. The van der Waals surface area contributed by atoms with Crippen LogP contribution in [0.25, 0.3) is 95.6 Å². The molecule has 14 aromatic rings. The zero-order chi connectivity index (χ0) is 44.5. The minimum Gasteiger partial charge on any atom is -0.453 e. The van der Waals surface area contributed by atoms with Crippen LogP contribution >= 0.6 is 11.3 Å². The van der Waals surface area contributed by atoms with E-state index in [0.717, 1.165) is 45.6 Å². The number of ether oxygens (including phenoxy) is 1. The average Bonchev–Trinajstić information content (AvgIpc) is 3.77. The quantitative estimate of drug-likeness (QED) is 0.164. The van der Waals surface area contributed by atoms with Crippen molar-refractivity contribution in [2.24, 2.45) is 0 Å². The number of hydrogen-bond donors (Lipinski definition) is 0. The van der Waals surface area contributed by atoms with Crippen LogP contribution in [0, 0.1) is 0 Å². The molecule has 0 unspecified atom stereocenters. The van der Waals surface area contributed by atoms with Crippen LogP contribution in [-0.2, 0) is 0 Å². The van der Waals surface area contributed by atoms with Gasteiger partial charge in [-0.2, -0.15) is 0 Å². The summed E-state index contributed by atoms with van der Waals surface area (Å²) >= 11 is 1.86. The Bertz CT molecular complexity index is 4440. The number of benzene rings is 13. The van der Waals surface area contributed by atoms with Crippen LogP contribution in [-0.4, -0.2) is 0 Å². The van der Waals surface area contributed by atoms with Gasteiger partial charge in [0, 0.05) is 42.3 Å². The molecular weight excluding hydrogens is 845 g/mol. The van der Waals surface area contributed by atoms with E-state index in [-0.39, 0.29) is 0 Å². The maximum atomic E-state index is 6.97. The summed E-state index contributed by atoms with van der Waals surface area (Å²) in [4.78, 5) is 4.87. The molecule has 3 nitrogen and oxygen atoms in total. The molecule has 0 aliphatic carbocycles. The van der Waals surface area contributed by atoms with Gasteiger partial charge in [-0.3, -0.25) is 0 Å². The molecule has 1 aliphatic rings. The van der Waals surface area contributed by atoms with Crippen molar-refractivity contribution in [3.63, 3.8) is 0 Å². The third-order valence-electron chi connectivity index (χ3n) is 14.3. The Kier molecular flexibility index (Phi) is 7.94. The molecule has 13 aromatic carbocycles. The second-order valence-electron chi connectivity index (χ2n) is 18.0. The van der Waals surface area contributed by atoms with E-state index in [4.69, 9.17) is 4.74 Å². The van der Waals surface area contributed by atoms with Crippen LogP contribution in [0.3, 0.4) is 0 Å². The highest BCUT2D eigenvalue weighted by molar-refractivity contribution is 7.26. The van der Waals surface area contributed by atoms with Crippen molar-refractivity contribution < 1.29 is 4.74 Å². The fourth-order valence-corrected chi connectivity index (χ4v) is 12.4. The van der Waals surface area contributed by atoms with Gasteiger partial charge in [-0.05, 0) is 131 Å². The normalized spacial score (nSPS) is 12.5. The van der Waals surface area contributed by atoms with E-state index < -0.39 is 0 Å². The molecule has 68 heavy (non-hydrogen) atoms. The lowest BCUT2D eigenvalue weighted by molar-refractivity contribution is 0.478. The molecule has 1 aromatic heterocycles. The van der Waals surface area contributed by atoms with Crippen molar-refractivity contribution in [1.82, 2.24) is 0 Å². The molecule has 15 rings (SSSR count). The summed E-state index contributed by atoms with van der Waals surface area (Å²) in [5.74, 6) is 1.68. The summed E-state index contributed by atoms with van der Waals surface area (Å²) in [6.45, 7) is 0. The second kappa shape index (κ2) is 14.4. The first-order valence-corrected chi connectivity index (χ1v) is 24.1. The number of hydrogen-bond acceptors (Lipinski definition) is 4. The van der Waals surface area contributed by atoms with Crippen LogP contribution in [0.2, 0.25) is 0 Å². The monoisotopic (exact) mass is 882 g/mol. The number of anilines is 6. The van der Waals surface area contributed by atoms with Crippen LogP contribution in [0.1, 0.15) is 0 Å². The highest BCUT2D eigenvalue weighted by Gasteiger charge is 2.30. The molecule has 1 aliphatic heterocycles. The Labute approximate surface area is 395 Å². The van der Waals surface area contributed by atoms with Crippen molar-refractivity contribution >= 4 is 141 Å². The molecule has 0 radical (unpaired) electrons. The van der Waals surface area contributed by atoms with Gasteiger partial charge in [0.1, 0.15) is 0 Å². The van der Waals surface area contributed by atoms with E-state index in [0.29, 0.717) is 0 Å². The highest BCUT2D eigenvalue weighted by Crippen LogP contribution is 2.56. The summed E-state index contributed by atoms with van der Waals surface area (Å²) in [5.41, 5.74) is 6.52. The fourth-order valence-electron chi connectivity index (χ4n) is 11.3. The minimum absolute atomic E-state index is 0.833. The first-order valence-electron chi connectivity index (χ1n) is 23.2. The Morgan fingerprint density at radius 1 is 0.309 bits per heavy atom. The van der Waals surface area contributed by atoms with Gasteiger partial charge in [-0.1, -0.05) is 164 Å². The molecule has 316 valence electrons. The SMILES string of the molecule is c1ccc(N(c2ccc3ccccc3c2)c2cc3c4ccccc4c(N4c5ccccc5Oc5cc6c(cc54)sc4ccc5c7ccc8ccccc8c7ccc5c46)cc3c3ccccc23)cc1. The molecule has 0 amide bonds. The van der Waals surface area contributed by atoms with Crippen molar-refractivity contribution in [1.29, 1.82) is 0 Å². The lowest BCUT2D eigenvalue weighted by atomic mass is 9.93. The molecule has 4 heteroatoms. The van der Waals surface area contributed by atoms with Crippen molar-refractivity contribution in [2.45, 2.75) is 0 Å². The van der Waals surface area contributed by atoms with Crippen LogP contribution < -0.4 is 14.5 Å². The third kappa shape index (κ3) is 5.47. The average molecular weight is 883 g/mol. The van der Waals surface area contributed by atoms with Gasteiger partial charge < -0.3 is 14.5 Å². The van der Waals surface area contributed by atoms with Gasteiger partial charge >= 0.3 is 0 Å². The lowest BCUT2D eigenvalue weighted by Crippen LogP contribution is -2.16. The van der Waals surface area contributed by atoms with E-state index in [9.17, 15) is 0 Å². The van der Waals surface area contributed by atoms with Crippen molar-refractivity contribution in [3.8, 4) is 11.5 Å². The molecular formula is C64H38N2OS. The molecule has 0 atom stereocenters. The lowest BCUT2D eigenvalue weighted by Gasteiger charge is -2.34. The smallest absolute Gasteiger partial charge is 0.152 e. The summed E-state index contributed by atoms with van der Waals surface area (Å²) in [6.07, 6.45) is 0. The molecule has 0 saturated heterocycles. The molecule has 0 saturated carbocycles. The number of para-hydroxylation sites is 3. The van der Waals surface area contributed by atoms with Gasteiger partial charge in [0.25, 0.3) is 0 Å². The summed E-state index contributed by atoms with van der Waals surface area (Å²) in [7, 11) is 0. The van der Waals surface area contributed by atoms with Gasteiger partial charge in [0.15, 0.2) is 11.5 Å². The van der Waals surface area contributed by atoms with Crippen LogP contribution in [0.15, 0.2) is 231 Å². The zero-order valence-corrected chi connectivity index (χ0v) is 37.5. The molecule has 0 fully saturated rings. The molecule has 2 heterocycles. The Morgan fingerprint density at radius 3 is 1.78 bits per heavy atom. The minimum atomic E-state index is 0.833. The summed E-state index contributed by atoms with van der Waals surface area (Å²) in [5, 5.41) is 19.7. The first-order chi connectivity index (χ1) is 33.7. The number of nitrogens with zero attached hydrogens (tertiary/aromatic N) is 2. The van der Waals surface area contributed by atoms with Gasteiger partial charge in [-0.15, -0.1) is 11.3 Å². The van der Waals surface area contributed by atoms with Gasteiger partial charge in [-0.25, -0.2) is 0 Å². The van der Waals surface area contributed by atoms with Crippen LogP contribution in [0.4, 0.5) is 34.1 Å². The number of rotatable bonds is 4. The van der Waals surface area contributed by atoms with Gasteiger partial charge in [0.2, 0.25) is 0 Å². The van der Waals surface area contributed by atoms with Crippen molar-refractivity contribution in [2.75, 3.05) is 9.80 Å². The predicted molar refractivity (Wildman–Crippen MR) is 291 cm³/mol.